The molecule has 2 rings (SSSR count). The minimum atomic E-state index is -2.99. The van der Waals surface area contributed by atoms with Crippen LogP contribution in [0, 0.1) is 17.0 Å². The van der Waals surface area contributed by atoms with Gasteiger partial charge in [0.15, 0.2) is 9.84 Å². The van der Waals surface area contributed by atoms with E-state index < -0.39 is 14.8 Å². The smallest absolute Gasteiger partial charge is 0.292 e. The quantitative estimate of drug-likeness (QED) is 0.664. The van der Waals surface area contributed by atoms with Crippen LogP contribution < -0.4 is 5.32 Å². The standard InChI is InChI=1S/C11H14N2O4S/c1-8-3-2-4-10(13(14)15)11(8)12-9-5-6-18(16,17)7-9/h2-4,9,12H,5-7H2,1H3. The van der Waals surface area contributed by atoms with Gasteiger partial charge < -0.3 is 5.32 Å². The molecule has 0 amide bonds. The first kappa shape index (κ1) is 12.8. The number of aryl methyl sites for hydroxylation is 1. The number of hydrogen-bond acceptors (Lipinski definition) is 5. The molecule has 0 spiro atoms. The Hall–Kier alpha value is -1.63. The van der Waals surface area contributed by atoms with E-state index in [0.717, 1.165) is 5.56 Å². The number of benzene rings is 1. The van der Waals surface area contributed by atoms with Crippen molar-refractivity contribution in [1.29, 1.82) is 0 Å². The van der Waals surface area contributed by atoms with Crippen molar-refractivity contribution in [1.82, 2.24) is 0 Å². The maximum atomic E-state index is 11.4. The van der Waals surface area contributed by atoms with Crippen molar-refractivity contribution in [3.05, 3.63) is 33.9 Å². The fraction of sp³-hybridized carbons (Fsp3) is 0.455. The summed E-state index contributed by atoms with van der Waals surface area (Å²) in [5.41, 5.74) is 1.15. The number of hydrogen-bond donors (Lipinski definition) is 1. The summed E-state index contributed by atoms with van der Waals surface area (Å²) in [5, 5.41) is 13.9. The Morgan fingerprint density at radius 1 is 1.44 bits per heavy atom. The molecule has 1 unspecified atom stereocenters. The molecule has 1 N–H and O–H groups in total. The molecule has 18 heavy (non-hydrogen) atoms. The molecule has 7 heteroatoms. The van der Waals surface area contributed by atoms with Crippen LogP contribution in [0.25, 0.3) is 0 Å². The number of nitrogens with zero attached hydrogens (tertiary/aromatic N) is 1. The van der Waals surface area contributed by atoms with Crippen LogP contribution in [0.2, 0.25) is 0 Å². The SMILES string of the molecule is Cc1cccc([N+](=O)[O-])c1NC1CCS(=O)(=O)C1. The summed E-state index contributed by atoms with van der Waals surface area (Å²) < 4.78 is 22.7. The molecule has 1 aromatic rings. The Labute approximate surface area is 105 Å². The van der Waals surface area contributed by atoms with E-state index in [1.54, 1.807) is 19.1 Å². The van der Waals surface area contributed by atoms with Crippen molar-refractivity contribution in [3.8, 4) is 0 Å². The van der Waals surface area contributed by atoms with Crippen LogP contribution in [0.1, 0.15) is 12.0 Å². The minimum absolute atomic E-state index is 0.0145. The highest BCUT2D eigenvalue weighted by atomic mass is 32.2. The maximum absolute atomic E-state index is 11.4. The summed E-state index contributed by atoms with van der Waals surface area (Å²) in [5.74, 6) is 0.183. The number of nitro groups is 1. The normalized spacial score (nSPS) is 21.7. The highest BCUT2D eigenvalue weighted by molar-refractivity contribution is 7.91. The van der Waals surface area contributed by atoms with Gasteiger partial charge in [-0.05, 0) is 18.9 Å². The zero-order chi connectivity index (χ0) is 13.3. The summed E-state index contributed by atoms with van der Waals surface area (Å²) in [7, 11) is -2.99. The van der Waals surface area contributed by atoms with Crippen LogP contribution in [0.5, 0.6) is 0 Å². The Morgan fingerprint density at radius 2 is 2.17 bits per heavy atom. The summed E-state index contributed by atoms with van der Waals surface area (Å²) in [6.45, 7) is 1.76. The molecule has 0 aromatic heterocycles. The largest absolute Gasteiger partial charge is 0.375 e. The van der Waals surface area contributed by atoms with E-state index >= 15 is 0 Å². The first-order chi connectivity index (χ1) is 8.39. The van der Waals surface area contributed by atoms with Crippen LogP contribution in [0.3, 0.4) is 0 Å². The molecule has 0 aliphatic carbocycles. The van der Waals surface area contributed by atoms with E-state index in [-0.39, 0.29) is 23.2 Å². The molecule has 98 valence electrons. The molecule has 0 bridgehead atoms. The average molecular weight is 270 g/mol. The average Bonchev–Trinajstić information content (AvgIpc) is 2.61. The third kappa shape index (κ3) is 2.61. The second-order valence-electron chi connectivity index (χ2n) is 4.47. The lowest BCUT2D eigenvalue weighted by Gasteiger charge is -2.14. The number of nitro benzene ring substituents is 1. The molecule has 1 saturated heterocycles. The van der Waals surface area contributed by atoms with Crippen molar-refractivity contribution in [2.24, 2.45) is 0 Å². The second-order valence-corrected chi connectivity index (χ2v) is 6.70. The lowest BCUT2D eigenvalue weighted by atomic mass is 10.1. The summed E-state index contributed by atoms with van der Waals surface area (Å²) in [6, 6.07) is 4.55. The van der Waals surface area contributed by atoms with Gasteiger partial charge in [0, 0.05) is 12.1 Å². The third-order valence-electron chi connectivity index (χ3n) is 3.03. The Balaban J connectivity index is 2.27. The number of sulfone groups is 1. The summed E-state index contributed by atoms with van der Waals surface area (Å²) >= 11 is 0. The molecule has 1 heterocycles. The topological polar surface area (TPSA) is 89.3 Å². The summed E-state index contributed by atoms with van der Waals surface area (Å²) in [4.78, 5) is 10.5. The number of rotatable bonds is 3. The molecule has 1 aliphatic heterocycles. The zero-order valence-electron chi connectivity index (χ0n) is 9.92. The van der Waals surface area contributed by atoms with E-state index in [4.69, 9.17) is 0 Å². The van der Waals surface area contributed by atoms with Crippen LogP contribution in [-0.4, -0.2) is 30.9 Å². The number of nitrogens with one attached hydrogen (secondary N) is 1. The second kappa shape index (κ2) is 4.56. The molecule has 1 aliphatic rings. The fourth-order valence-corrected chi connectivity index (χ4v) is 3.78. The van der Waals surface area contributed by atoms with Gasteiger partial charge in [0.1, 0.15) is 5.69 Å². The minimum Gasteiger partial charge on any atom is -0.375 e. The van der Waals surface area contributed by atoms with E-state index in [9.17, 15) is 18.5 Å². The van der Waals surface area contributed by atoms with E-state index in [0.29, 0.717) is 12.1 Å². The van der Waals surface area contributed by atoms with Gasteiger partial charge in [-0.2, -0.15) is 0 Å². The van der Waals surface area contributed by atoms with Gasteiger partial charge in [0.2, 0.25) is 0 Å². The van der Waals surface area contributed by atoms with Crippen molar-refractivity contribution in [2.75, 3.05) is 16.8 Å². The van der Waals surface area contributed by atoms with Crippen LogP contribution in [-0.2, 0) is 9.84 Å². The fourth-order valence-electron chi connectivity index (χ4n) is 2.11. The first-order valence-electron chi connectivity index (χ1n) is 5.60. The van der Waals surface area contributed by atoms with Crippen molar-refractivity contribution in [2.45, 2.75) is 19.4 Å². The van der Waals surface area contributed by atoms with Crippen LogP contribution >= 0.6 is 0 Å². The highest BCUT2D eigenvalue weighted by Crippen LogP contribution is 2.29. The summed E-state index contributed by atoms with van der Waals surface area (Å²) in [6.07, 6.45) is 0.494. The van der Waals surface area contributed by atoms with Crippen molar-refractivity contribution < 1.29 is 13.3 Å². The predicted molar refractivity (Wildman–Crippen MR) is 68.5 cm³/mol. The molecule has 0 saturated carbocycles. The molecule has 1 aromatic carbocycles. The van der Waals surface area contributed by atoms with Gasteiger partial charge in [0.25, 0.3) is 5.69 Å². The molecular formula is C11H14N2O4S. The van der Waals surface area contributed by atoms with Crippen molar-refractivity contribution >= 4 is 21.2 Å². The van der Waals surface area contributed by atoms with Gasteiger partial charge in [0.05, 0.1) is 16.4 Å². The third-order valence-corrected chi connectivity index (χ3v) is 4.80. The highest BCUT2D eigenvalue weighted by Gasteiger charge is 2.29. The maximum Gasteiger partial charge on any atom is 0.292 e. The Morgan fingerprint density at radius 3 is 2.72 bits per heavy atom. The Kier molecular flexibility index (Phi) is 3.25. The number of anilines is 1. The monoisotopic (exact) mass is 270 g/mol. The van der Waals surface area contributed by atoms with Crippen molar-refractivity contribution in [3.63, 3.8) is 0 Å². The van der Waals surface area contributed by atoms with Crippen LogP contribution in [0.4, 0.5) is 11.4 Å². The molecule has 0 radical (unpaired) electrons. The Bertz CT molecular complexity index is 583. The van der Waals surface area contributed by atoms with Gasteiger partial charge in [-0.25, -0.2) is 8.42 Å². The van der Waals surface area contributed by atoms with E-state index in [1.165, 1.54) is 6.07 Å². The van der Waals surface area contributed by atoms with Gasteiger partial charge >= 0.3 is 0 Å². The molecule has 1 fully saturated rings. The first-order valence-corrected chi connectivity index (χ1v) is 7.42. The van der Waals surface area contributed by atoms with E-state index in [1.807, 2.05) is 0 Å². The van der Waals surface area contributed by atoms with E-state index in [2.05, 4.69) is 5.32 Å². The molecular weight excluding hydrogens is 256 g/mol. The molecule has 6 nitrogen and oxygen atoms in total. The number of para-hydroxylation sites is 1. The zero-order valence-corrected chi connectivity index (χ0v) is 10.7. The molecule has 1 atom stereocenters. The van der Waals surface area contributed by atoms with Gasteiger partial charge in [-0.15, -0.1) is 0 Å². The predicted octanol–water partition coefficient (Wildman–Crippen LogP) is 1.50. The van der Waals surface area contributed by atoms with Crippen LogP contribution in [0.15, 0.2) is 18.2 Å². The lowest BCUT2D eigenvalue weighted by Crippen LogP contribution is -2.21. The van der Waals surface area contributed by atoms with Gasteiger partial charge in [-0.1, -0.05) is 12.1 Å². The lowest BCUT2D eigenvalue weighted by molar-refractivity contribution is -0.384. The van der Waals surface area contributed by atoms with Gasteiger partial charge in [-0.3, -0.25) is 10.1 Å².